The molecule has 19 nitrogen and oxygen atoms in total. The SMILES string of the molecule is CC(=O)OCC(OC(C)=O)C(OC(C)=O)C(OC(C)=O)C(C=NN(C(C)=O)S(=O)(=O)c1ccc(/C=C2\NC(=O)N(C)C2=O)cc1)OC(C)=O. The van der Waals surface area contributed by atoms with E-state index in [-0.39, 0.29) is 10.1 Å². The molecule has 1 fully saturated rings. The molecule has 1 aliphatic heterocycles. The molecule has 20 heteroatoms. The van der Waals surface area contributed by atoms with E-state index in [0.717, 1.165) is 58.6 Å². The summed E-state index contributed by atoms with van der Waals surface area (Å²) in [5, 5.41) is 6.05. The number of carbonyl (C=O) groups is 8. The van der Waals surface area contributed by atoms with Crippen LogP contribution in [0.3, 0.4) is 0 Å². The number of rotatable bonds is 14. The summed E-state index contributed by atoms with van der Waals surface area (Å²) in [6.45, 7) is 4.91. The molecule has 266 valence electrons. The number of nitrogens with one attached hydrogen (secondary N) is 1. The van der Waals surface area contributed by atoms with Gasteiger partial charge in [0.2, 0.25) is 0 Å². The highest BCUT2D eigenvalue weighted by Crippen LogP contribution is 2.22. The Morgan fingerprint density at radius 3 is 1.80 bits per heavy atom. The van der Waals surface area contributed by atoms with Crippen LogP contribution in [-0.4, -0.2) is 110 Å². The van der Waals surface area contributed by atoms with E-state index in [4.69, 9.17) is 23.7 Å². The fraction of sp³-hybridized carbons (Fsp3) is 0.414. The molecule has 1 aromatic rings. The Balaban J connectivity index is 2.59. The summed E-state index contributed by atoms with van der Waals surface area (Å²) in [6, 6.07) is 4.07. The first-order valence-electron chi connectivity index (χ1n) is 14.1. The van der Waals surface area contributed by atoms with Crippen LogP contribution in [0.1, 0.15) is 47.1 Å². The summed E-state index contributed by atoms with van der Waals surface area (Å²) in [7, 11) is -3.51. The van der Waals surface area contributed by atoms with Gasteiger partial charge in [-0.2, -0.15) is 13.5 Å². The topological polar surface area (TPSA) is 248 Å². The molecule has 1 aromatic carbocycles. The van der Waals surface area contributed by atoms with Crippen molar-refractivity contribution in [1.82, 2.24) is 14.6 Å². The monoisotopic (exact) mass is 710 g/mol. The van der Waals surface area contributed by atoms with Gasteiger partial charge >= 0.3 is 35.9 Å². The normalized spacial score (nSPS) is 16.2. The van der Waals surface area contributed by atoms with Crippen molar-refractivity contribution >= 4 is 70.0 Å². The molecular formula is C29H34N4O15S. The van der Waals surface area contributed by atoms with Crippen molar-refractivity contribution in [2.24, 2.45) is 5.10 Å². The summed E-state index contributed by atoms with van der Waals surface area (Å²) in [5.74, 6) is -6.65. The van der Waals surface area contributed by atoms with Crippen molar-refractivity contribution in [3.63, 3.8) is 0 Å². The second kappa shape index (κ2) is 16.9. The van der Waals surface area contributed by atoms with E-state index in [1.165, 1.54) is 25.3 Å². The lowest BCUT2D eigenvalue weighted by molar-refractivity contribution is -0.197. The molecular weight excluding hydrogens is 676 g/mol. The van der Waals surface area contributed by atoms with Crippen LogP contribution in [0.5, 0.6) is 0 Å². The standard InChI is InChI=1S/C29H34N4O15S/c1-15(34)33(49(42,43)22-10-8-21(9-11-22)12-23-28(40)32(7)29(41)31-23)30-13-24(45-17(3)36)26(47-19(5)38)27(48-20(6)39)25(46-18(4)37)14-44-16(2)35/h8-13,24-27H,14H2,1-7H3,(H,31,41)/b23-12-,30-13?. The van der Waals surface area contributed by atoms with Crippen molar-refractivity contribution in [1.29, 1.82) is 0 Å². The number of benzene rings is 1. The van der Waals surface area contributed by atoms with Crippen LogP contribution in [0.2, 0.25) is 0 Å². The fourth-order valence-corrected chi connectivity index (χ4v) is 5.30. The lowest BCUT2D eigenvalue weighted by Gasteiger charge is -2.34. The Labute approximate surface area is 280 Å². The van der Waals surface area contributed by atoms with Crippen LogP contribution >= 0.6 is 0 Å². The Hall–Kier alpha value is -5.66. The molecule has 0 spiro atoms. The van der Waals surface area contributed by atoms with Crippen LogP contribution in [0.25, 0.3) is 6.08 Å². The maximum absolute atomic E-state index is 13.5. The number of imide groups is 1. The van der Waals surface area contributed by atoms with E-state index in [1.807, 2.05) is 0 Å². The van der Waals surface area contributed by atoms with Crippen molar-refractivity contribution < 1.29 is 70.5 Å². The molecule has 4 atom stereocenters. The van der Waals surface area contributed by atoms with Crippen LogP contribution in [-0.2, 0) is 67.3 Å². The summed E-state index contributed by atoms with van der Waals surface area (Å²) < 4.78 is 52.8. The number of urea groups is 1. The highest BCUT2D eigenvalue weighted by atomic mass is 32.2. The summed E-state index contributed by atoms with van der Waals surface area (Å²) in [6.07, 6.45) is -5.44. The van der Waals surface area contributed by atoms with Gasteiger partial charge < -0.3 is 29.0 Å². The molecule has 1 aliphatic rings. The Morgan fingerprint density at radius 2 is 1.35 bits per heavy atom. The number of hydrogen-bond acceptors (Lipinski definition) is 16. The lowest BCUT2D eigenvalue weighted by Crippen LogP contribution is -2.53. The third-order valence-corrected chi connectivity index (χ3v) is 7.75. The zero-order valence-electron chi connectivity index (χ0n) is 27.4. The highest BCUT2D eigenvalue weighted by Gasteiger charge is 2.44. The number of esters is 5. The highest BCUT2D eigenvalue weighted by molar-refractivity contribution is 7.89. The Kier molecular flexibility index (Phi) is 13.7. The number of nitrogens with zero attached hydrogens (tertiary/aromatic N) is 3. The van der Waals surface area contributed by atoms with E-state index in [9.17, 15) is 46.8 Å². The van der Waals surface area contributed by atoms with E-state index >= 15 is 0 Å². The van der Waals surface area contributed by atoms with Gasteiger partial charge in [0.05, 0.1) is 11.1 Å². The van der Waals surface area contributed by atoms with Gasteiger partial charge in [0.1, 0.15) is 12.3 Å². The first kappa shape index (κ1) is 39.5. The quantitative estimate of drug-likeness (QED) is 0.0668. The number of carbonyl (C=O) groups excluding carboxylic acids is 8. The minimum atomic E-state index is -4.78. The van der Waals surface area contributed by atoms with Gasteiger partial charge in [-0.15, -0.1) is 4.41 Å². The maximum atomic E-state index is 13.5. The predicted molar refractivity (Wildman–Crippen MR) is 163 cm³/mol. The largest absolute Gasteiger partial charge is 0.462 e. The zero-order valence-corrected chi connectivity index (χ0v) is 28.2. The number of sulfonamides is 1. The van der Waals surface area contributed by atoms with Crippen LogP contribution in [0.15, 0.2) is 40.0 Å². The number of hydrogen-bond donors (Lipinski definition) is 1. The van der Waals surface area contributed by atoms with Crippen molar-refractivity contribution in [2.75, 3.05) is 13.7 Å². The molecule has 0 radical (unpaired) electrons. The third kappa shape index (κ3) is 11.2. The summed E-state index contributed by atoms with van der Waals surface area (Å²) in [4.78, 5) is 96.6. The van der Waals surface area contributed by atoms with Crippen molar-refractivity contribution in [3.8, 4) is 0 Å². The van der Waals surface area contributed by atoms with E-state index < -0.39 is 93.6 Å². The predicted octanol–water partition coefficient (Wildman–Crippen LogP) is 0.0220. The molecule has 0 saturated carbocycles. The van der Waals surface area contributed by atoms with Gasteiger partial charge in [0.15, 0.2) is 24.4 Å². The number of hydrazone groups is 1. The van der Waals surface area contributed by atoms with Crippen molar-refractivity contribution in [2.45, 2.75) is 70.9 Å². The number of likely N-dealkylation sites (N-methyl/N-ethyl adjacent to an activating group) is 1. The Morgan fingerprint density at radius 1 is 0.816 bits per heavy atom. The second-order valence-electron chi connectivity index (χ2n) is 10.1. The average molecular weight is 711 g/mol. The molecule has 49 heavy (non-hydrogen) atoms. The molecule has 1 N–H and O–H groups in total. The molecule has 1 saturated heterocycles. The summed E-state index contributed by atoms with van der Waals surface area (Å²) >= 11 is 0. The summed E-state index contributed by atoms with van der Waals surface area (Å²) in [5.41, 5.74) is 0.246. The lowest BCUT2D eigenvalue weighted by atomic mass is 10.0. The molecule has 2 rings (SSSR count). The molecule has 4 unspecified atom stereocenters. The molecule has 0 aromatic heterocycles. The maximum Gasteiger partial charge on any atom is 0.328 e. The van der Waals surface area contributed by atoms with Gasteiger partial charge in [-0.25, -0.2) is 4.79 Å². The van der Waals surface area contributed by atoms with Gasteiger partial charge in [-0.1, -0.05) is 12.1 Å². The van der Waals surface area contributed by atoms with E-state index in [2.05, 4.69) is 10.4 Å². The smallest absolute Gasteiger partial charge is 0.328 e. The molecule has 0 aliphatic carbocycles. The van der Waals surface area contributed by atoms with Gasteiger partial charge in [0.25, 0.3) is 21.8 Å². The zero-order chi connectivity index (χ0) is 37.2. The van der Waals surface area contributed by atoms with Crippen LogP contribution in [0, 0.1) is 0 Å². The van der Waals surface area contributed by atoms with E-state index in [0.29, 0.717) is 11.8 Å². The molecule has 0 bridgehead atoms. The van der Waals surface area contributed by atoms with Crippen LogP contribution < -0.4 is 5.32 Å². The minimum absolute atomic E-state index is 0.0285. The molecule has 1 heterocycles. The van der Waals surface area contributed by atoms with Crippen LogP contribution in [0.4, 0.5) is 4.79 Å². The first-order chi connectivity index (χ1) is 22.7. The minimum Gasteiger partial charge on any atom is -0.462 e. The van der Waals surface area contributed by atoms with E-state index in [1.54, 1.807) is 0 Å². The van der Waals surface area contributed by atoms with Gasteiger partial charge in [0, 0.05) is 48.6 Å². The average Bonchev–Trinajstić information content (AvgIpc) is 3.21. The van der Waals surface area contributed by atoms with Gasteiger partial charge in [-0.05, 0) is 23.8 Å². The Bertz CT molecular complexity index is 1670. The van der Waals surface area contributed by atoms with Crippen molar-refractivity contribution in [3.05, 3.63) is 35.5 Å². The number of amides is 4. The third-order valence-electron chi connectivity index (χ3n) is 6.07. The van der Waals surface area contributed by atoms with Gasteiger partial charge in [-0.3, -0.25) is 38.5 Å². The first-order valence-corrected chi connectivity index (χ1v) is 15.5. The molecule has 4 amide bonds. The number of ether oxygens (including phenoxy) is 5. The second-order valence-corrected chi connectivity index (χ2v) is 11.9. The fourth-order valence-electron chi connectivity index (χ4n) is 4.11.